The molecule has 0 fully saturated rings. The zero-order valence-corrected chi connectivity index (χ0v) is 9.85. The van der Waals surface area contributed by atoms with Crippen LogP contribution < -0.4 is 10.6 Å². The Labute approximate surface area is 94.8 Å². The maximum atomic E-state index is 11.8. The first kappa shape index (κ1) is 11.9. The van der Waals surface area contributed by atoms with Crippen LogP contribution in [0.4, 0.5) is 5.69 Å². The Bertz CT molecular complexity index is 364. The predicted molar refractivity (Wildman–Crippen MR) is 63.6 cm³/mol. The lowest BCUT2D eigenvalue weighted by molar-refractivity contribution is 0.0944. The first-order chi connectivity index (χ1) is 7.04. The standard InChI is InChI=1S/C11H15ClN2O/c1-7(2)14-11(15)9-6-8(12)4-5-10(9)13-3/h4-7,13H,1-3H3,(H,14,15). The smallest absolute Gasteiger partial charge is 0.253 e. The van der Waals surface area contributed by atoms with Gasteiger partial charge in [-0.1, -0.05) is 11.6 Å². The number of rotatable bonds is 3. The summed E-state index contributed by atoms with van der Waals surface area (Å²) in [6.07, 6.45) is 0. The Morgan fingerprint density at radius 3 is 2.60 bits per heavy atom. The number of carbonyl (C=O) groups excluding carboxylic acids is 1. The topological polar surface area (TPSA) is 41.1 Å². The minimum atomic E-state index is -0.114. The van der Waals surface area contributed by atoms with Crippen molar-refractivity contribution in [3.05, 3.63) is 28.8 Å². The summed E-state index contributed by atoms with van der Waals surface area (Å²) in [5.74, 6) is -0.114. The SMILES string of the molecule is CNc1ccc(Cl)cc1C(=O)NC(C)C. The van der Waals surface area contributed by atoms with Gasteiger partial charge >= 0.3 is 0 Å². The maximum absolute atomic E-state index is 11.8. The van der Waals surface area contributed by atoms with E-state index in [4.69, 9.17) is 11.6 Å². The van der Waals surface area contributed by atoms with Gasteiger partial charge in [-0.2, -0.15) is 0 Å². The molecule has 1 aromatic carbocycles. The fraction of sp³-hybridized carbons (Fsp3) is 0.364. The van der Waals surface area contributed by atoms with Crippen molar-refractivity contribution in [2.24, 2.45) is 0 Å². The summed E-state index contributed by atoms with van der Waals surface area (Å²) in [6, 6.07) is 5.31. The van der Waals surface area contributed by atoms with Gasteiger partial charge in [0.15, 0.2) is 0 Å². The van der Waals surface area contributed by atoms with Crippen LogP contribution in [0.5, 0.6) is 0 Å². The van der Waals surface area contributed by atoms with E-state index in [9.17, 15) is 4.79 Å². The number of carbonyl (C=O) groups is 1. The average molecular weight is 227 g/mol. The van der Waals surface area contributed by atoms with E-state index < -0.39 is 0 Å². The lowest BCUT2D eigenvalue weighted by atomic mass is 10.1. The molecule has 82 valence electrons. The Hall–Kier alpha value is -1.22. The maximum Gasteiger partial charge on any atom is 0.253 e. The van der Waals surface area contributed by atoms with Crippen molar-refractivity contribution in [1.29, 1.82) is 0 Å². The molecule has 2 N–H and O–H groups in total. The molecule has 0 heterocycles. The number of amides is 1. The fourth-order valence-electron chi connectivity index (χ4n) is 1.26. The van der Waals surface area contributed by atoms with Crippen LogP contribution in [0.3, 0.4) is 0 Å². The molecule has 0 aromatic heterocycles. The van der Waals surface area contributed by atoms with Crippen LogP contribution in [0.2, 0.25) is 5.02 Å². The molecular formula is C11H15ClN2O. The summed E-state index contributed by atoms with van der Waals surface area (Å²) in [7, 11) is 1.77. The Morgan fingerprint density at radius 2 is 2.07 bits per heavy atom. The van der Waals surface area contributed by atoms with Crippen molar-refractivity contribution in [2.45, 2.75) is 19.9 Å². The Kier molecular flexibility index (Phi) is 3.97. The number of anilines is 1. The van der Waals surface area contributed by atoms with Gasteiger partial charge in [0.25, 0.3) is 5.91 Å². The van der Waals surface area contributed by atoms with E-state index in [1.165, 1.54) is 0 Å². The van der Waals surface area contributed by atoms with Gasteiger partial charge in [-0.25, -0.2) is 0 Å². The van der Waals surface area contributed by atoms with Crippen LogP contribution >= 0.6 is 11.6 Å². The molecule has 15 heavy (non-hydrogen) atoms. The van der Waals surface area contributed by atoms with E-state index >= 15 is 0 Å². The monoisotopic (exact) mass is 226 g/mol. The molecule has 0 aliphatic rings. The van der Waals surface area contributed by atoms with Crippen LogP contribution in [0, 0.1) is 0 Å². The van der Waals surface area contributed by atoms with Crippen molar-refractivity contribution in [3.63, 3.8) is 0 Å². The fourth-order valence-corrected chi connectivity index (χ4v) is 1.43. The minimum Gasteiger partial charge on any atom is -0.387 e. The molecule has 1 rings (SSSR count). The number of benzene rings is 1. The van der Waals surface area contributed by atoms with Gasteiger partial charge < -0.3 is 10.6 Å². The number of halogens is 1. The minimum absolute atomic E-state index is 0.112. The van der Waals surface area contributed by atoms with Gasteiger partial charge in [-0.15, -0.1) is 0 Å². The van der Waals surface area contributed by atoms with E-state index in [1.54, 1.807) is 25.2 Å². The summed E-state index contributed by atoms with van der Waals surface area (Å²) in [5.41, 5.74) is 1.34. The molecule has 0 radical (unpaired) electrons. The number of nitrogens with one attached hydrogen (secondary N) is 2. The van der Waals surface area contributed by atoms with Crippen molar-refractivity contribution >= 4 is 23.2 Å². The van der Waals surface area contributed by atoms with E-state index in [0.717, 1.165) is 5.69 Å². The molecule has 0 unspecified atom stereocenters. The quantitative estimate of drug-likeness (QED) is 0.832. The second-order valence-electron chi connectivity index (χ2n) is 3.57. The van der Waals surface area contributed by atoms with Crippen molar-refractivity contribution in [3.8, 4) is 0 Å². The Balaban J connectivity index is 3.00. The van der Waals surface area contributed by atoms with Crippen LogP contribution in [0.25, 0.3) is 0 Å². The van der Waals surface area contributed by atoms with Gasteiger partial charge in [0, 0.05) is 23.8 Å². The molecular weight excluding hydrogens is 212 g/mol. The van der Waals surface area contributed by atoms with Gasteiger partial charge in [0.1, 0.15) is 0 Å². The summed E-state index contributed by atoms with van der Waals surface area (Å²) >= 11 is 5.85. The summed E-state index contributed by atoms with van der Waals surface area (Å²) in [4.78, 5) is 11.8. The zero-order valence-electron chi connectivity index (χ0n) is 9.10. The van der Waals surface area contributed by atoms with Crippen molar-refractivity contribution < 1.29 is 4.79 Å². The highest BCUT2D eigenvalue weighted by molar-refractivity contribution is 6.31. The van der Waals surface area contributed by atoms with E-state index in [0.29, 0.717) is 10.6 Å². The van der Waals surface area contributed by atoms with Crippen molar-refractivity contribution in [2.75, 3.05) is 12.4 Å². The highest BCUT2D eigenvalue weighted by Gasteiger charge is 2.11. The van der Waals surface area contributed by atoms with Crippen LogP contribution in [0.1, 0.15) is 24.2 Å². The largest absolute Gasteiger partial charge is 0.387 e. The number of hydrogen-bond donors (Lipinski definition) is 2. The third kappa shape index (κ3) is 3.13. The van der Waals surface area contributed by atoms with E-state index in [1.807, 2.05) is 13.8 Å². The average Bonchev–Trinajstić information content (AvgIpc) is 2.16. The lowest BCUT2D eigenvalue weighted by Crippen LogP contribution is -2.30. The van der Waals surface area contributed by atoms with Gasteiger partial charge in [0.2, 0.25) is 0 Å². The summed E-state index contributed by atoms with van der Waals surface area (Å²) < 4.78 is 0. The lowest BCUT2D eigenvalue weighted by Gasteiger charge is -2.12. The first-order valence-corrected chi connectivity index (χ1v) is 5.20. The third-order valence-electron chi connectivity index (χ3n) is 1.92. The highest BCUT2D eigenvalue weighted by atomic mass is 35.5. The molecule has 0 saturated heterocycles. The van der Waals surface area contributed by atoms with Crippen LogP contribution in [-0.4, -0.2) is 19.0 Å². The molecule has 4 heteroatoms. The van der Waals surface area contributed by atoms with Crippen molar-refractivity contribution in [1.82, 2.24) is 5.32 Å². The van der Waals surface area contributed by atoms with Gasteiger partial charge in [-0.05, 0) is 32.0 Å². The van der Waals surface area contributed by atoms with Crippen LogP contribution in [0.15, 0.2) is 18.2 Å². The number of hydrogen-bond acceptors (Lipinski definition) is 2. The molecule has 0 saturated carbocycles. The first-order valence-electron chi connectivity index (χ1n) is 4.82. The molecule has 0 aliphatic carbocycles. The molecule has 0 bridgehead atoms. The van der Waals surface area contributed by atoms with Gasteiger partial charge in [-0.3, -0.25) is 4.79 Å². The predicted octanol–water partition coefficient (Wildman–Crippen LogP) is 2.52. The zero-order chi connectivity index (χ0) is 11.4. The van der Waals surface area contributed by atoms with Crippen LogP contribution in [-0.2, 0) is 0 Å². The van der Waals surface area contributed by atoms with E-state index in [2.05, 4.69) is 10.6 Å². The molecule has 1 aromatic rings. The molecule has 0 atom stereocenters. The summed E-state index contributed by atoms with van der Waals surface area (Å²) in [6.45, 7) is 3.84. The summed E-state index contributed by atoms with van der Waals surface area (Å²) in [5, 5.41) is 6.34. The normalized spacial score (nSPS) is 10.2. The van der Waals surface area contributed by atoms with Gasteiger partial charge in [0.05, 0.1) is 5.56 Å². The second kappa shape index (κ2) is 5.03. The highest BCUT2D eigenvalue weighted by Crippen LogP contribution is 2.20. The molecule has 0 spiro atoms. The van der Waals surface area contributed by atoms with E-state index in [-0.39, 0.29) is 11.9 Å². The third-order valence-corrected chi connectivity index (χ3v) is 2.15. The second-order valence-corrected chi connectivity index (χ2v) is 4.00. The molecule has 1 amide bonds. The molecule has 3 nitrogen and oxygen atoms in total. The molecule has 0 aliphatic heterocycles. The Morgan fingerprint density at radius 1 is 1.40 bits per heavy atom.